The molecule has 0 bridgehead atoms. The molecule has 0 aliphatic heterocycles. The molecule has 0 aliphatic rings. The Balaban J connectivity index is 2.19. The molecule has 0 aromatic heterocycles. The van der Waals surface area contributed by atoms with E-state index in [1.165, 1.54) is 0 Å². The first-order valence-electron chi connectivity index (χ1n) is 9.64. The lowest BCUT2D eigenvalue weighted by atomic mass is 10.1. The average molecular weight is 434 g/mol. The highest BCUT2D eigenvalue weighted by Gasteiger charge is 2.22. The van der Waals surface area contributed by atoms with Gasteiger partial charge in [0.2, 0.25) is 15.9 Å². The van der Waals surface area contributed by atoms with Crippen LogP contribution < -0.4 is 19.7 Å². The van der Waals surface area contributed by atoms with Crippen molar-refractivity contribution in [2.24, 2.45) is 0 Å². The number of hydrogen-bond acceptors (Lipinski definition) is 5. The highest BCUT2D eigenvalue weighted by atomic mass is 32.2. The van der Waals surface area contributed by atoms with Crippen LogP contribution in [0.3, 0.4) is 0 Å². The molecule has 9 heteroatoms. The van der Waals surface area contributed by atoms with E-state index in [0.29, 0.717) is 35.8 Å². The van der Waals surface area contributed by atoms with Crippen molar-refractivity contribution in [2.75, 3.05) is 35.6 Å². The third-order valence-electron chi connectivity index (χ3n) is 4.10. The van der Waals surface area contributed by atoms with Crippen molar-refractivity contribution in [3.8, 4) is 5.75 Å². The Morgan fingerprint density at radius 2 is 1.70 bits per heavy atom. The monoisotopic (exact) mass is 433 g/mol. The third kappa shape index (κ3) is 6.48. The van der Waals surface area contributed by atoms with Gasteiger partial charge < -0.3 is 15.4 Å². The molecule has 8 nitrogen and oxygen atoms in total. The molecule has 30 heavy (non-hydrogen) atoms. The largest absolute Gasteiger partial charge is 0.494 e. The predicted molar refractivity (Wildman–Crippen MR) is 117 cm³/mol. The van der Waals surface area contributed by atoms with Gasteiger partial charge in [0.1, 0.15) is 12.3 Å². The summed E-state index contributed by atoms with van der Waals surface area (Å²) >= 11 is 0. The maximum Gasteiger partial charge on any atom is 0.253 e. The van der Waals surface area contributed by atoms with Gasteiger partial charge in [-0.1, -0.05) is 19.1 Å². The number of carbonyl (C=O) groups is 2. The molecule has 2 rings (SSSR count). The van der Waals surface area contributed by atoms with Crippen LogP contribution in [-0.2, 0) is 14.8 Å². The molecule has 2 amide bonds. The lowest BCUT2D eigenvalue weighted by molar-refractivity contribution is -0.114. The second kappa shape index (κ2) is 10.6. The van der Waals surface area contributed by atoms with Gasteiger partial charge in [-0.15, -0.1) is 0 Å². The zero-order valence-electron chi connectivity index (χ0n) is 17.3. The zero-order chi connectivity index (χ0) is 22.1. The summed E-state index contributed by atoms with van der Waals surface area (Å²) < 4.78 is 30.9. The van der Waals surface area contributed by atoms with Crippen LogP contribution in [0, 0.1) is 0 Å². The molecule has 2 aromatic rings. The molecule has 2 N–H and O–H groups in total. The van der Waals surface area contributed by atoms with Crippen molar-refractivity contribution in [3.05, 3.63) is 54.1 Å². The van der Waals surface area contributed by atoms with Crippen molar-refractivity contribution in [3.63, 3.8) is 0 Å². The number of ether oxygens (including phenoxy) is 1. The summed E-state index contributed by atoms with van der Waals surface area (Å²) in [5.74, 6) is -0.268. The van der Waals surface area contributed by atoms with Gasteiger partial charge in [0.05, 0.1) is 29.8 Å². The molecule has 0 aliphatic carbocycles. The van der Waals surface area contributed by atoms with Gasteiger partial charge in [0.25, 0.3) is 5.91 Å². The summed E-state index contributed by atoms with van der Waals surface area (Å²) in [4.78, 5) is 24.9. The van der Waals surface area contributed by atoms with E-state index in [1.54, 1.807) is 48.5 Å². The Hall–Kier alpha value is -3.07. The Bertz CT molecular complexity index is 974. The fraction of sp³-hybridized carbons (Fsp3) is 0.333. The van der Waals surface area contributed by atoms with Gasteiger partial charge >= 0.3 is 0 Å². The minimum atomic E-state index is -3.72. The van der Waals surface area contributed by atoms with Crippen molar-refractivity contribution >= 4 is 33.2 Å². The number of benzene rings is 2. The number of nitrogens with one attached hydrogen (secondary N) is 2. The van der Waals surface area contributed by atoms with Crippen molar-refractivity contribution in [1.82, 2.24) is 5.32 Å². The molecule has 2 aromatic carbocycles. The topological polar surface area (TPSA) is 105 Å². The Kier molecular flexibility index (Phi) is 8.23. The van der Waals surface area contributed by atoms with E-state index >= 15 is 0 Å². The summed E-state index contributed by atoms with van der Waals surface area (Å²) in [5, 5.41) is 5.40. The second-order valence-electron chi connectivity index (χ2n) is 6.55. The Labute approximate surface area is 177 Å². The SMILES string of the molecule is CCCNC(=O)c1ccccc1NC(=O)CN(c1ccc(OCC)cc1)S(C)(=O)=O. The first-order valence-corrected chi connectivity index (χ1v) is 11.5. The number of anilines is 2. The highest BCUT2D eigenvalue weighted by Crippen LogP contribution is 2.22. The molecule has 0 saturated heterocycles. The average Bonchev–Trinajstić information content (AvgIpc) is 2.71. The summed E-state index contributed by atoms with van der Waals surface area (Å²) in [6.45, 7) is 4.36. The van der Waals surface area contributed by atoms with Crippen LogP contribution in [0.4, 0.5) is 11.4 Å². The molecule has 0 heterocycles. The molecule has 0 radical (unpaired) electrons. The van der Waals surface area contributed by atoms with Gasteiger partial charge in [0, 0.05) is 6.54 Å². The van der Waals surface area contributed by atoms with E-state index < -0.39 is 22.5 Å². The number of nitrogens with zero attached hydrogens (tertiary/aromatic N) is 1. The Morgan fingerprint density at radius 3 is 2.30 bits per heavy atom. The van der Waals surface area contributed by atoms with Crippen LogP contribution in [-0.4, -0.2) is 46.2 Å². The van der Waals surface area contributed by atoms with Crippen LogP contribution >= 0.6 is 0 Å². The van der Waals surface area contributed by atoms with Crippen molar-refractivity contribution < 1.29 is 22.7 Å². The van der Waals surface area contributed by atoms with Gasteiger partial charge in [0.15, 0.2) is 0 Å². The molecule has 162 valence electrons. The first-order chi connectivity index (χ1) is 14.3. The van der Waals surface area contributed by atoms with Crippen LogP contribution in [0.2, 0.25) is 0 Å². The number of amides is 2. The smallest absolute Gasteiger partial charge is 0.253 e. The van der Waals surface area contributed by atoms with Gasteiger partial charge in [-0.25, -0.2) is 8.42 Å². The summed E-state index contributed by atoms with van der Waals surface area (Å²) in [6.07, 6.45) is 1.81. The predicted octanol–water partition coefficient (Wildman–Crippen LogP) is 2.63. The van der Waals surface area contributed by atoms with Crippen LogP contribution in [0.5, 0.6) is 5.75 Å². The van der Waals surface area contributed by atoms with E-state index in [2.05, 4.69) is 10.6 Å². The Morgan fingerprint density at radius 1 is 1.03 bits per heavy atom. The fourth-order valence-corrected chi connectivity index (χ4v) is 3.58. The van der Waals surface area contributed by atoms with E-state index in [-0.39, 0.29) is 5.91 Å². The molecular weight excluding hydrogens is 406 g/mol. The van der Waals surface area contributed by atoms with Crippen LogP contribution in [0.1, 0.15) is 30.6 Å². The minimum absolute atomic E-state index is 0.306. The van der Waals surface area contributed by atoms with Crippen LogP contribution in [0.25, 0.3) is 0 Å². The summed E-state index contributed by atoms with van der Waals surface area (Å²) in [5.41, 5.74) is 0.965. The standard InChI is InChI=1S/C21H27N3O5S/c1-4-14-22-21(26)18-8-6-7-9-19(18)23-20(25)15-24(30(3,27)28)16-10-12-17(13-11-16)29-5-2/h6-13H,4-5,14-15H2,1-3H3,(H,22,26)(H,23,25). The van der Waals surface area contributed by atoms with E-state index in [0.717, 1.165) is 17.0 Å². The second-order valence-corrected chi connectivity index (χ2v) is 8.45. The summed E-state index contributed by atoms with van der Waals surface area (Å²) in [7, 11) is -3.72. The molecule has 0 saturated carbocycles. The molecule has 0 unspecified atom stereocenters. The zero-order valence-corrected chi connectivity index (χ0v) is 18.2. The quantitative estimate of drug-likeness (QED) is 0.599. The third-order valence-corrected chi connectivity index (χ3v) is 5.25. The highest BCUT2D eigenvalue weighted by molar-refractivity contribution is 7.92. The fourth-order valence-electron chi connectivity index (χ4n) is 2.72. The molecule has 0 spiro atoms. The minimum Gasteiger partial charge on any atom is -0.494 e. The van der Waals surface area contributed by atoms with Crippen LogP contribution in [0.15, 0.2) is 48.5 Å². The number of hydrogen-bond donors (Lipinski definition) is 2. The first kappa shape index (κ1) is 23.2. The van der Waals surface area contributed by atoms with Gasteiger partial charge in [-0.05, 0) is 49.7 Å². The maximum absolute atomic E-state index is 12.6. The van der Waals surface area contributed by atoms with E-state index in [4.69, 9.17) is 4.74 Å². The maximum atomic E-state index is 12.6. The molecule has 0 fully saturated rings. The lowest BCUT2D eigenvalue weighted by Gasteiger charge is -2.22. The molecular formula is C21H27N3O5S. The lowest BCUT2D eigenvalue weighted by Crippen LogP contribution is -2.37. The number of rotatable bonds is 10. The van der Waals surface area contributed by atoms with E-state index in [9.17, 15) is 18.0 Å². The van der Waals surface area contributed by atoms with Crippen molar-refractivity contribution in [2.45, 2.75) is 20.3 Å². The number of sulfonamides is 1. The summed E-state index contributed by atoms with van der Waals surface area (Å²) in [6, 6.07) is 13.0. The van der Waals surface area contributed by atoms with Crippen molar-refractivity contribution in [1.29, 1.82) is 0 Å². The van der Waals surface area contributed by atoms with Gasteiger partial charge in [-0.3, -0.25) is 13.9 Å². The van der Waals surface area contributed by atoms with Gasteiger partial charge in [-0.2, -0.15) is 0 Å². The number of para-hydroxylation sites is 1. The molecule has 0 atom stereocenters. The van der Waals surface area contributed by atoms with E-state index in [1.807, 2.05) is 13.8 Å². The normalized spacial score (nSPS) is 10.9. The number of carbonyl (C=O) groups excluding carboxylic acids is 2.